The molecule has 0 amide bonds. The van der Waals surface area contributed by atoms with Crippen LogP contribution in [0.5, 0.6) is 0 Å². The van der Waals surface area contributed by atoms with Gasteiger partial charge >= 0.3 is 0 Å². The predicted molar refractivity (Wildman–Crippen MR) is 229 cm³/mol. The van der Waals surface area contributed by atoms with E-state index in [-0.39, 0.29) is 71.8 Å². The molecule has 6 heterocycles. The fraction of sp³-hybridized carbons (Fsp3) is 0.0816. The Morgan fingerprint density at radius 2 is 1.29 bits per heavy atom. The van der Waals surface area contributed by atoms with Crippen LogP contribution in [0.25, 0.3) is 60.4 Å². The Morgan fingerprint density at radius 1 is 0.607 bits per heavy atom. The van der Waals surface area contributed by atoms with Crippen molar-refractivity contribution in [2.24, 2.45) is 0 Å². The average molecular weight is 741 g/mol. The van der Waals surface area contributed by atoms with Gasteiger partial charge in [-0.2, -0.15) is 5.26 Å². The van der Waals surface area contributed by atoms with Crippen LogP contribution in [0.1, 0.15) is 62.1 Å². The molecule has 0 bridgehead atoms. The predicted octanol–water partition coefficient (Wildman–Crippen LogP) is 11.0. The molecule has 13 rings (SSSR count). The fourth-order valence-corrected chi connectivity index (χ4v) is 8.40. The first-order chi connectivity index (χ1) is 36.6. The molecule has 0 radical (unpaired) electrons. The van der Waals surface area contributed by atoms with Crippen LogP contribution in [0.4, 0.5) is 34.1 Å². The molecule has 6 nitrogen and oxygen atoms in total. The van der Waals surface area contributed by atoms with E-state index in [4.69, 9.17) is 18.4 Å². The minimum absolute atomic E-state index is 0.000318. The monoisotopic (exact) mass is 740 g/mol. The summed E-state index contributed by atoms with van der Waals surface area (Å²) < 4.78 is 220. The largest absolute Gasteiger partial charge is 0.468 e. The van der Waals surface area contributed by atoms with Gasteiger partial charge in [0.1, 0.15) is 11.2 Å². The molecule has 262 valence electrons. The van der Waals surface area contributed by atoms with Crippen molar-refractivity contribution in [2.45, 2.75) is 26.2 Å². The maximum Gasteiger partial charge on any atom is 0.297 e. The molecule has 10 aromatic rings. The summed E-state index contributed by atoms with van der Waals surface area (Å²) in [6.07, 6.45) is 0. The third-order valence-electron chi connectivity index (χ3n) is 10.7. The van der Waals surface area contributed by atoms with Crippen molar-refractivity contribution in [3.8, 4) is 11.8 Å². The van der Waals surface area contributed by atoms with Crippen molar-refractivity contribution in [1.82, 2.24) is 4.57 Å². The zero-order valence-corrected chi connectivity index (χ0v) is 29.2. The Morgan fingerprint density at radius 3 is 2.11 bits per heavy atom. The Bertz CT molecular complexity index is 4740. The lowest BCUT2D eigenvalue weighted by Gasteiger charge is -2.44. The Kier molecular flexibility index (Phi) is 2.94. The number of benzene rings is 7. The molecule has 0 fully saturated rings. The second kappa shape index (κ2) is 10.1. The summed E-state index contributed by atoms with van der Waals surface area (Å²) in [4.78, 5) is 2.23. The fourth-order valence-electron chi connectivity index (χ4n) is 8.40. The highest BCUT2D eigenvalue weighted by molar-refractivity contribution is 7.00. The van der Waals surface area contributed by atoms with Gasteiger partial charge in [0.05, 0.1) is 86.9 Å². The number of anilines is 6. The number of nitriles is 1. The van der Waals surface area contributed by atoms with Crippen molar-refractivity contribution >= 4 is 112 Å². The molecule has 0 saturated heterocycles. The average Bonchev–Trinajstić information content (AvgIpc) is 2.09. The van der Waals surface area contributed by atoms with Crippen LogP contribution < -0.4 is 26.4 Å². The van der Waals surface area contributed by atoms with Crippen molar-refractivity contribution < 1.29 is 39.0 Å². The Hall–Kier alpha value is -7.17. The molecule has 3 aromatic heterocycles. The second-order valence-corrected chi connectivity index (χ2v) is 14.7. The van der Waals surface area contributed by atoms with Gasteiger partial charge in [-0.05, 0) is 76.3 Å². The van der Waals surface area contributed by atoms with E-state index >= 15 is 0 Å². The van der Waals surface area contributed by atoms with Gasteiger partial charge in [-0.25, -0.2) is 0 Å². The minimum Gasteiger partial charge on any atom is -0.468 e. The van der Waals surface area contributed by atoms with Gasteiger partial charge in [-0.3, -0.25) is 0 Å². The number of nitrogens with zero attached hydrogens (tertiary/aromatic N) is 4. The number of aromatic nitrogens is 1. The van der Waals surface area contributed by atoms with Crippen LogP contribution in [0.3, 0.4) is 0 Å². The van der Waals surface area contributed by atoms with Crippen molar-refractivity contribution in [3.05, 3.63) is 144 Å². The molecule has 0 aliphatic carbocycles. The van der Waals surface area contributed by atoms with Crippen LogP contribution in [-0.2, 0) is 5.41 Å². The summed E-state index contributed by atoms with van der Waals surface area (Å²) in [7, 11) is 0. The normalized spacial score (nSPS) is 19.4. The molecule has 7 aromatic carbocycles. The van der Waals surface area contributed by atoms with Crippen LogP contribution >= 0.6 is 0 Å². The highest BCUT2D eigenvalue weighted by Crippen LogP contribution is 2.54. The van der Waals surface area contributed by atoms with Crippen molar-refractivity contribution in [2.75, 3.05) is 9.80 Å². The maximum atomic E-state index is 11.2. The maximum absolute atomic E-state index is 11.2. The number of fused-ring (bicyclic) bond motifs is 14. The number of hydrogen-bond donors (Lipinski definition) is 0. The first-order valence-corrected chi connectivity index (χ1v) is 17.4. The zero-order chi connectivity index (χ0) is 56.3. The lowest BCUT2D eigenvalue weighted by molar-refractivity contribution is 0.590. The summed E-state index contributed by atoms with van der Waals surface area (Å²) in [6.45, 7) is 3.31. The quantitative estimate of drug-likeness (QED) is 0.157. The Balaban J connectivity index is 1.34. The molecule has 0 N–H and O–H groups in total. The van der Waals surface area contributed by atoms with Crippen LogP contribution in [-0.4, -0.2) is 11.3 Å². The van der Waals surface area contributed by atoms with Gasteiger partial charge in [0, 0.05) is 38.3 Å². The summed E-state index contributed by atoms with van der Waals surface area (Å²) in [5.74, 6) is 0. The smallest absolute Gasteiger partial charge is 0.297 e. The van der Waals surface area contributed by atoms with Crippen LogP contribution in [0, 0.1) is 11.3 Å². The topological polar surface area (TPSA) is 61.5 Å². The van der Waals surface area contributed by atoms with E-state index in [1.165, 1.54) is 0 Å². The molecule has 56 heavy (non-hydrogen) atoms. The van der Waals surface area contributed by atoms with Crippen LogP contribution in [0.2, 0.25) is 0 Å². The first-order valence-electron chi connectivity index (χ1n) is 28.4. The van der Waals surface area contributed by atoms with E-state index in [2.05, 4.69) is 0 Å². The summed E-state index contributed by atoms with van der Waals surface area (Å²) >= 11 is 0. The molecule has 3 aliphatic heterocycles. The lowest BCUT2D eigenvalue weighted by Crippen LogP contribution is -2.61. The van der Waals surface area contributed by atoms with Crippen LogP contribution in [0.15, 0.2) is 142 Å². The van der Waals surface area contributed by atoms with Gasteiger partial charge in [0.15, 0.2) is 5.58 Å². The molecular formula is C49H31BN4O2. The molecular weight excluding hydrogens is 687 g/mol. The summed E-state index contributed by atoms with van der Waals surface area (Å²) in [5, 5.41) is 9.53. The number of para-hydroxylation sites is 5. The molecule has 3 aliphatic rings. The lowest BCUT2D eigenvalue weighted by atomic mass is 9.35. The molecule has 0 atom stereocenters. The van der Waals surface area contributed by atoms with E-state index in [1.54, 1.807) is 20.8 Å². The SMILES string of the molecule is [2H]c1c([2H])c2c3c(c1[2H])-n1c4c([2H])c([2H])c([2H])c([2H])c4c4c([2H])c([2H])c([2H])c(c41)N3c1c([2H])c(C#N)c([2H])c3c1B2c1oc2c([2H])c([2H])c(C(C)(C)C)c([2H])c2c1N3c1c([2H])c([2H])c([2H])c2c1oc1c([2H])c([2H])c([2H])c([2H])c12. The third-order valence-corrected chi connectivity index (χ3v) is 10.7. The standard InChI is InChI=1S/C49H31BN4O2/c1-49(2,3)28-21-22-42-33(25-28)45-48(56-42)50-34-15-10-18-37-46(34)53(36-17-8-13-31-29-11-4-6-16-35(29)52(37)44(31)36)39-23-27(26-51)24-40(43(39)50)54(45)38-19-9-14-32-30-12-5-7-20-41(30)55-47(32)38/h4-25H,1-3H3/i4D,5D,6D,7D,8D,9D,10D,11D,12D,13D,14D,15D,16D,17D,18D,19D,20D,21D,22D,23D,24D,25D. The number of furan rings is 2. The van der Waals surface area contributed by atoms with Crippen molar-refractivity contribution in [3.63, 3.8) is 0 Å². The van der Waals surface area contributed by atoms with E-state index in [0.29, 0.717) is 0 Å². The molecule has 0 spiro atoms. The number of rotatable bonds is 1. The van der Waals surface area contributed by atoms with E-state index in [9.17, 15) is 25.8 Å². The zero-order valence-electron chi connectivity index (χ0n) is 51.2. The number of hydrogen-bond acceptors (Lipinski definition) is 5. The van der Waals surface area contributed by atoms with E-state index in [0.717, 1.165) is 14.4 Å². The van der Waals surface area contributed by atoms with Crippen molar-refractivity contribution in [1.29, 1.82) is 5.26 Å². The highest BCUT2D eigenvalue weighted by Gasteiger charge is 2.49. The highest BCUT2D eigenvalue weighted by atomic mass is 16.3. The minimum atomic E-state index is -1.74. The molecule has 0 saturated carbocycles. The van der Waals surface area contributed by atoms with Gasteiger partial charge < -0.3 is 23.2 Å². The third kappa shape index (κ3) is 3.58. The summed E-state index contributed by atoms with van der Waals surface area (Å²) in [5.41, 5.74) is -7.69. The van der Waals surface area contributed by atoms with Gasteiger partial charge in [-0.15, -0.1) is 0 Å². The Labute approximate surface area is 353 Å². The van der Waals surface area contributed by atoms with E-state index in [1.807, 2.05) is 6.07 Å². The van der Waals surface area contributed by atoms with Gasteiger partial charge in [0.25, 0.3) is 6.71 Å². The molecule has 0 unspecified atom stereocenters. The second-order valence-electron chi connectivity index (χ2n) is 14.7. The molecule has 7 heteroatoms. The first kappa shape index (κ1) is 16.3. The van der Waals surface area contributed by atoms with E-state index < -0.39 is 196 Å². The summed E-state index contributed by atoms with van der Waals surface area (Å²) in [6, 6.07) is -13.6. The van der Waals surface area contributed by atoms with Gasteiger partial charge in [-0.1, -0.05) is 99.3 Å². The van der Waals surface area contributed by atoms with Gasteiger partial charge in [0.2, 0.25) is 0 Å².